The van der Waals surface area contributed by atoms with Crippen LogP contribution in [-0.4, -0.2) is 23.5 Å². The molecule has 2 fully saturated rings. The van der Waals surface area contributed by atoms with Crippen molar-refractivity contribution in [1.29, 1.82) is 0 Å². The molecule has 1 aliphatic heterocycles. The van der Waals surface area contributed by atoms with E-state index in [9.17, 15) is 0 Å². The molecule has 3 rings (SSSR count). The first-order valence-corrected chi connectivity index (χ1v) is 6.83. The number of nitrogens with two attached hydrogens (primary N) is 1. The molecule has 1 aliphatic carbocycles. The molecule has 17 heavy (non-hydrogen) atoms. The fraction of sp³-hybridized carbons (Fsp3) is 0.600. The van der Waals surface area contributed by atoms with Crippen molar-refractivity contribution in [2.75, 3.05) is 6.54 Å². The molecule has 2 aliphatic rings. The van der Waals surface area contributed by atoms with Gasteiger partial charge in [0.25, 0.3) is 0 Å². The summed E-state index contributed by atoms with van der Waals surface area (Å²) in [6.45, 7) is 3.54. The van der Waals surface area contributed by atoms with Crippen LogP contribution in [0.15, 0.2) is 30.3 Å². The van der Waals surface area contributed by atoms with Gasteiger partial charge in [-0.15, -0.1) is 0 Å². The quantitative estimate of drug-likeness (QED) is 0.846. The van der Waals surface area contributed by atoms with Crippen molar-refractivity contribution in [2.24, 2.45) is 11.7 Å². The summed E-state index contributed by atoms with van der Waals surface area (Å²) in [5.74, 6) is 0.858. The Bertz CT molecular complexity index is 376. The van der Waals surface area contributed by atoms with E-state index in [0.717, 1.165) is 5.92 Å². The van der Waals surface area contributed by atoms with E-state index in [0.29, 0.717) is 18.1 Å². The van der Waals surface area contributed by atoms with Crippen molar-refractivity contribution >= 4 is 0 Å². The summed E-state index contributed by atoms with van der Waals surface area (Å²) in [4.78, 5) is 2.64. The Hall–Kier alpha value is -0.860. The summed E-state index contributed by atoms with van der Waals surface area (Å²) >= 11 is 0. The van der Waals surface area contributed by atoms with Gasteiger partial charge >= 0.3 is 0 Å². The molecular formula is C15H22N2. The first kappa shape index (κ1) is 11.2. The van der Waals surface area contributed by atoms with E-state index in [2.05, 4.69) is 42.2 Å². The number of hydrogen-bond acceptors (Lipinski definition) is 2. The van der Waals surface area contributed by atoms with Gasteiger partial charge in [0.2, 0.25) is 0 Å². The molecule has 1 aromatic carbocycles. The standard InChI is InChI=1S/C15H22N2/c1-11(12-5-3-2-4-6-12)17-10-9-13-7-8-14(16)15(13)17/h2-6,11,13-15H,7-10,16H2,1H3/t11-,13-,14+,15+/m1/s1. The number of rotatable bonds is 2. The molecule has 2 heteroatoms. The zero-order valence-electron chi connectivity index (χ0n) is 10.5. The van der Waals surface area contributed by atoms with Gasteiger partial charge in [0.05, 0.1) is 0 Å². The van der Waals surface area contributed by atoms with Crippen LogP contribution in [0.5, 0.6) is 0 Å². The summed E-state index contributed by atoms with van der Waals surface area (Å²) in [6, 6.07) is 12.4. The minimum absolute atomic E-state index is 0.397. The molecule has 4 atom stereocenters. The van der Waals surface area contributed by atoms with Gasteiger partial charge < -0.3 is 5.73 Å². The zero-order chi connectivity index (χ0) is 11.8. The van der Waals surface area contributed by atoms with E-state index in [-0.39, 0.29) is 0 Å². The molecule has 0 unspecified atom stereocenters. The van der Waals surface area contributed by atoms with Crippen LogP contribution in [0.4, 0.5) is 0 Å². The lowest BCUT2D eigenvalue weighted by molar-refractivity contribution is 0.170. The second kappa shape index (κ2) is 4.43. The van der Waals surface area contributed by atoms with Crippen molar-refractivity contribution in [3.8, 4) is 0 Å². The Morgan fingerprint density at radius 3 is 2.71 bits per heavy atom. The van der Waals surface area contributed by atoms with Gasteiger partial charge in [0.1, 0.15) is 0 Å². The largest absolute Gasteiger partial charge is 0.326 e. The molecule has 1 saturated carbocycles. The number of likely N-dealkylation sites (tertiary alicyclic amines) is 1. The van der Waals surface area contributed by atoms with Crippen molar-refractivity contribution in [2.45, 2.75) is 44.3 Å². The highest BCUT2D eigenvalue weighted by Gasteiger charge is 2.44. The minimum Gasteiger partial charge on any atom is -0.326 e. The van der Waals surface area contributed by atoms with Crippen LogP contribution in [0.2, 0.25) is 0 Å². The van der Waals surface area contributed by atoms with Crippen LogP contribution in [0, 0.1) is 5.92 Å². The number of benzene rings is 1. The number of hydrogen-bond donors (Lipinski definition) is 1. The summed E-state index contributed by atoms with van der Waals surface area (Å²) in [6.07, 6.45) is 3.90. The third-order valence-corrected chi connectivity index (χ3v) is 4.71. The monoisotopic (exact) mass is 230 g/mol. The van der Waals surface area contributed by atoms with Crippen LogP contribution in [0.1, 0.15) is 37.8 Å². The second-order valence-corrected chi connectivity index (χ2v) is 5.61. The van der Waals surface area contributed by atoms with Gasteiger partial charge in [-0.05, 0) is 44.2 Å². The maximum Gasteiger partial charge on any atom is 0.0323 e. The van der Waals surface area contributed by atoms with E-state index >= 15 is 0 Å². The van der Waals surface area contributed by atoms with Gasteiger partial charge in [0, 0.05) is 18.1 Å². The van der Waals surface area contributed by atoms with Gasteiger partial charge in [-0.2, -0.15) is 0 Å². The highest BCUT2D eigenvalue weighted by Crippen LogP contribution is 2.41. The Kier molecular flexibility index (Phi) is 2.93. The van der Waals surface area contributed by atoms with Crippen molar-refractivity contribution in [3.63, 3.8) is 0 Å². The predicted octanol–water partition coefficient (Wildman–Crippen LogP) is 2.56. The fourth-order valence-corrected chi connectivity index (χ4v) is 3.77. The van der Waals surface area contributed by atoms with Gasteiger partial charge in [-0.1, -0.05) is 30.3 Å². The molecular weight excluding hydrogens is 208 g/mol. The van der Waals surface area contributed by atoms with E-state index < -0.39 is 0 Å². The summed E-state index contributed by atoms with van der Waals surface area (Å²) in [5.41, 5.74) is 7.71. The first-order valence-electron chi connectivity index (χ1n) is 6.83. The van der Waals surface area contributed by atoms with Crippen molar-refractivity contribution in [1.82, 2.24) is 4.90 Å². The van der Waals surface area contributed by atoms with E-state index in [1.54, 1.807) is 0 Å². The molecule has 2 nitrogen and oxygen atoms in total. The van der Waals surface area contributed by atoms with Gasteiger partial charge in [-0.25, -0.2) is 0 Å². The van der Waals surface area contributed by atoms with Gasteiger partial charge in [-0.3, -0.25) is 4.90 Å². The molecule has 0 bridgehead atoms. The van der Waals surface area contributed by atoms with Crippen molar-refractivity contribution < 1.29 is 0 Å². The van der Waals surface area contributed by atoms with Crippen molar-refractivity contribution in [3.05, 3.63) is 35.9 Å². The lowest BCUT2D eigenvalue weighted by Crippen LogP contribution is -2.43. The molecule has 1 saturated heterocycles. The number of fused-ring (bicyclic) bond motifs is 1. The zero-order valence-corrected chi connectivity index (χ0v) is 10.5. The minimum atomic E-state index is 0.397. The van der Waals surface area contributed by atoms with E-state index in [1.165, 1.54) is 31.4 Å². The molecule has 2 N–H and O–H groups in total. The summed E-state index contributed by atoms with van der Waals surface area (Å²) < 4.78 is 0. The third kappa shape index (κ3) is 1.90. The van der Waals surface area contributed by atoms with E-state index in [4.69, 9.17) is 5.73 Å². The molecule has 0 aromatic heterocycles. The normalized spacial score (nSPS) is 34.8. The molecule has 1 aromatic rings. The summed E-state index contributed by atoms with van der Waals surface area (Å²) in [7, 11) is 0. The van der Waals surface area contributed by atoms with Gasteiger partial charge in [0.15, 0.2) is 0 Å². The second-order valence-electron chi connectivity index (χ2n) is 5.61. The van der Waals surface area contributed by atoms with Crippen LogP contribution >= 0.6 is 0 Å². The van der Waals surface area contributed by atoms with Crippen LogP contribution in [-0.2, 0) is 0 Å². The molecule has 92 valence electrons. The van der Waals surface area contributed by atoms with Crippen LogP contribution < -0.4 is 5.73 Å². The van der Waals surface area contributed by atoms with Crippen LogP contribution in [0.25, 0.3) is 0 Å². The molecule has 0 amide bonds. The molecule has 0 spiro atoms. The maximum absolute atomic E-state index is 6.28. The SMILES string of the molecule is C[C@H](c1ccccc1)N1CC[C@H]2CC[C@H](N)[C@H]21. The average molecular weight is 230 g/mol. The Morgan fingerprint density at radius 1 is 1.18 bits per heavy atom. The predicted molar refractivity (Wildman–Crippen MR) is 70.7 cm³/mol. The molecule has 0 radical (unpaired) electrons. The fourth-order valence-electron chi connectivity index (χ4n) is 3.77. The lowest BCUT2D eigenvalue weighted by atomic mass is 10.0. The Morgan fingerprint density at radius 2 is 1.94 bits per heavy atom. The number of nitrogens with zero attached hydrogens (tertiary/aromatic N) is 1. The Balaban J connectivity index is 1.81. The lowest BCUT2D eigenvalue weighted by Gasteiger charge is -2.33. The first-order chi connectivity index (χ1) is 8.27. The third-order valence-electron chi connectivity index (χ3n) is 4.71. The highest BCUT2D eigenvalue weighted by molar-refractivity contribution is 5.19. The van der Waals surface area contributed by atoms with Crippen LogP contribution in [0.3, 0.4) is 0 Å². The molecule has 1 heterocycles. The Labute approximate surface area is 104 Å². The highest BCUT2D eigenvalue weighted by atomic mass is 15.2. The maximum atomic E-state index is 6.28. The smallest absolute Gasteiger partial charge is 0.0323 e. The average Bonchev–Trinajstić information content (AvgIpc) is 2.93. The topological polar surface area (TPSA) is 29.3 Å². The van der Waals surface area contributed by atoms with E-state index in [1.807, 2.05) is 0 Å². The summed E-state index contributed by atoms with van der Waals surface area (Å²) in [5, 5.41) is 0.